The number of hydrogen-bond acceptors (Lipinski definition) is 2. The van der Waals surface area contributed by atoms with Gasteiger partial charge in [0.1, 0.15) is 0 Å². The SMILES string of the molecule is CC1CCCN(Cc2cncc(Br)c2)C1C. The van der Waals surface area contributed by atoms with E-state index in [2.05, 4.69) is 45.7 Å². The predicted molar refractivity (Wildman–Crippen MR) is 70.2 cm³/mol. The monoisotopic (exact) mass is 282 g/mol. The predicted octanol–water partition coefficient (Wildman–Crippen LogP) is 3.46. The Bertz CT molecular complexity index is 354. The minimum Gasteiger partial charge on any atom is -0.296 e. The van der Waals surface area contributed by atoms with E-state index >= 15 is 0 Å². The van der Waals surface area contributed by atoms with Gasteiger partial charge in [0.05, 0.1) is 0 Å². The summed E-state index contributed by atoms with van der Waals surface area (Å²) in [7, 11) is 0. The van der Waals surface area contributed by atoms with Crippen LogP contribution in [0, 0.1) is 5.92 Å². The normalized spacial score (nSPS) is 26.9. The molecule has 0 radical (unpaired) electrons. The summed E-state index contributed by atoms with van der Waals surface area (Å²) in [5.41, 5.74) is 1.30. The Morgan fingerprint density at radius 1 is 1.44 bits per heavy atom. The van der Waals surface area contributed by atoms with E-state index in [9.17, 15) is 0 Å². The van der Waals surface area contributed by atoms with Crippen molar-refractivity contribution >= 4 is 15.9 Å². The molecule has 0 saturated carbocycles. The fraction of sp³-hybridized carbons (Fsp3) is 0.615. The third-order valence-corrected chi connectivity index (χ3v) is 4.09. The van der Waals surface area contributed by atoms with Gasteiger partial charge in [0.2, 0.25) is 0 Å². The molecule has 3 heteroatoms. The zero-order chi connectivity index (χ0) is 11.5. The molecule has 0 N–H and O–H groups in total. The van der Waals surface area contributed by atoms with E-state index in [-0.39, 0.29) is 0 Å². The average molecular weight is 283 g/mol. The zero-order valence-electron chi connectivity index (χ0n) is 9.99. The molecule has 88 valence electrons. The number of hydrogen-bond donors (Lipinski definition) is 0. The number of rotatable bonds is 2. The van der Waals surface area contributed by atoms with Gasteiger partial charge in [-0.3, -0.25) is 9.88 Å². The van der Waals surface area contributed by atoms with E-state index in [0.717, 1.165) is 16.9 Å². The van der Waals surface area contributed by atoms with Crippen LogP contribution in [0.25, 0.3) is 0 Å². The first kappa shape index (κ1) is 12.1. The van der Waals surface area contributed by atoms with Gasteiger partial charge in [-0.15, -0.1) is 0 Å². The van der Waals surface area contributed by atoms with Crippen molar-refractivity contribution < 1.29 is 0 Å². The summed E-state index contributed by atoms with van der Waals surface area (Å²) in [6, 6.07) is 2.85. The van der Waals surface area contributed by atoms with Gasteiger partial charge in [-0.05, 0) is 59.8 Å². The van der Waals surface area contributed by atoms with Crippen LogP contribution < -0.4 is 0 Å². The summed E-state index contributed by atoms with van der Waals surface area (Å²) in [4.78, 5) is 6.79. The highest BCUT2D eigenvalue weighted by Crippen LogP contribution is 2.24. The molecule has 0 aliphatic carbocycles. The molecule has 2 atom stereocenters. The topological polar surface area (TPSA) is 16.1 Å². The molecule has 1 aromatic heterocycles. The number of halogens is 1. The molecule has 1 aromatic rings. The van der Waals surface area contributed by atoms with Crippen LogP contribution in [-0.2, 0) is 6.54 Å². The molecule has 2 nitrogen and oxygen atoms in total. The van der Waals surface area contributed by atoms with Gasteiger partial charge in [0.15, 0.2) is 0 Å². The average Bonchev–Trinajstić information content (AvgIpc) is 2.25. The Morgan fingerprint density at radius 2 is 2.25 bits per heavy atom. The second kappa shape index (κ2) is 5.28. The molecule has 1 fully saturated rings. The molecule has 2 unspecified atom stereocenters. The van der Waals surface area contributed by atoms with Gasteiger partial charge in [-0.1, -0.05) is 6.92 Å². The van der Waals surface area contributed by atoms with Crippen LogP contribution in [0.5, 0.6) is 0 Å². The molecule has 1 aliphatic heterocycles. The molecule has 2 rings (SSSR count). The van der Waals surface area contributed by atoms with E-state index in [1.807, 2.05) is 12.4 Å². The van der Waals surface area contributed by atoms with Gasteiger partial charge in [-0.25, -0.2) is 0 Å². The van der Waals surface area contributed by atoms with Gasteiger partial charge >= 0.3 is 0 Å². The number of nitrogens with zero attached hydrogens (tertiary/aromatic N) is 2. The summed E-state index contributed by atoms with van der Waals surface area (Å²) in [5, 5.41) is 0. The fourth-order valence-electron chi connectivity index (χ4n) is 2.42. The molecule has 2 heterocycles. The zero-order valence-corrected chi connectivity index (χ0v) is 11.6. The fourth-order valence-corrected chi connectivity index (χ4v) is 2.83. The van der Waals surface area contributed by atoms with E-state index < -0.39 is 0 Å². The number of pyridine rings is 1. The lowest BCUT2D eigenvalue weighted by Crippen LogP contribution is -2.41. The quantitative estimate of drug-likeness (QED) is 0.826. The number of piperidine rings is 1. The first-order valence-electron chi connectivity index (χ1n) is 6.00. The van der Waals surface area contributed by atoms with Crippen molar-refractivity contribution in [3.63, 3.8) is 0 Å². The molecular formula is C13H19BrN2. The highest BCUT2D eigenvalue weighted by Gasteiger charge is 2.24. The molecule has 0 amide bonds. The Morgan fingerprint density at radius 3 is 3.00 bits per heavy atom. The highest BCUT2D eigenvalue weighted by atomic mass is 79.9. The smallest absolute Gasteiger partial charge is 0.0410 e. The lowest BCUT2D eigenvalue weighted by molar-refractivity contribution is 0.106. The Balaban J connectivity index is 2.03. The molecule has 0 aromatic carbocycles. The second-order valence-corrected chi connectivity index (χ2v) is 5.76. The lowest BCUT2D eigenvalue weighted by Gasteiger charge is -2.37. The molecule has 0 spiro atoms. The van der Waals surface area contributed by atoms with Gasteiger partial charge in [0, 0.05) is 29.5 Å². The third kappa shape index (κ3) is 2.83. The second-order valence-electron chi connectivity index (χ2n) is 4.84. The van der Waals surface area contributed by atoms with Crippen LogP contribution in [-0.4, -0.2) is 22.5 Å². The van der Waals surface area contributed by atoms with Crippen LogP contribution in [0.4, 0.5) is 0 Å². The van der Waals surface area contributed by atoms with Crippen LogP contribution in [0.2, 0.25) is 0 Å². The molecule has 0 bridgehead atoms. The summed E-state index contributed by atoms with van der Waals surface area (Å²) < 4.78 is 1.07. The van der Waals surface area contributed by atoms with Crippen molar-refractivity contribution in [2.24, 2.45) is 5.92 Å². The minimum absolute atomic E-state index is 0.688. The maximum atomic E-state index is 4.22. The maximum absolute atomic E-state index is 4.22. The first-order valence-corrected chi connectivity index (χ1v) is 6.79. The van der Waals surface area contributed by atoms with Crippen molar-refractivity contribution in [1.82, 2.24) is 9.88 Å². The standard InChI is InChI=1S/C13H19BrN2/c1-10-4-3-5-16(11(10)2)9-12-6-13(14)8-15-7-12/h6-8,10-11H,3-5,9H2,1-2H3. The Kier molecular flexibility index (Phi) is 3.98. The lowest BCUT2D eigenvalue weighted by atomic mass is 9.92. The van der Waals surface area contributed by atoms with E-state index in [1.165, 1.54) is 24.9 Å². The van der Waals surface area contributed by atoms with E-state index in [0.29, 0.717) is 6.04 Å². The van der Waals surface area contributed by atoms with E-state index in [1.54, 1.807) is 0 Å². The summed E-state index contributed by atoms with van der Waals surface area (Å²) >= 11 is 3.47. The van der Waals surface area contributed by atoms with Crippen molar-refractivity contribution in [2.75, 3.05) is 6.54 Å². The highest BCUT2D eigenvalue weighted by molar-refractivity contribution is 9.10. The minimum atomic E-state index is 0.688. The van der Waals surface area contributed by atoms with Crippen molar-refractivity contribution in [3.8, 4) is 0 Å². The molecule has 1 aliphatic rings. The van der Waals surface area contributed by atoms with Crippen molar-refractivity contribution in [3.05, 3.63) is 28.5 Å². The van der Waals surface area contributed by atoms with Crippen LogP contribution in [0.1, 0.15) is 32.3 Å². The third-order valence-electron chi connectivity index (χ3n) is 3.65. The molecular weight excluding hydrogens is 264 g/mol. The molecule has 1 saturated heterocycles. The van der Waals surface area contributed by atoms with Crippen LogP contribution in [0.15, 0.2) is 22.9 Å². The first-order chi connectivity index (χ1) is 7.66. The van der Waals surface area contributed by atoms with Crippen LogP contribution >= 0.6 is 15.9 Å². The van der Waals surface area contributed by atoms with Gasteiger partial charge in [-0.2, -0.15) is 0 Å². The Labute approximate surface area is 106 Å². The molecule has 16 heavy (non-hydrogen) atoms. The summed E-state index contributed by atoms with van der Waals surface area (Å²) in [5.74, 6) is 0.814. The van der Waals surface area contributed by atoms with Gasteiger partial charge < -0.3 is 0 Å². The van der Waals surface area contributed by atoms with Gasteiger partial charge in [0.25, 0.3) is 0 Å². The number of likely N-dealkylation sites (tertiary alicyclic amines) is 1. The van der Waals surface area contributed by atoms with Crippen molar-refractivity contribution in [2.45, 2.75) is 39.3 Å². The Hall–Kier alpha value is -0.410. The number of aromatic nitrogens is 1. The van der Waals surface area contributed by atoms with Crippen molar-refractivity contribution in [1.29, 1.82) is 0 Å². The summed E-state index contributed by atoms with van der Waals surface area (Å²) in [6.45, 7) is 6.95. The van der Waals surface area contributed by atoms with Crippen LogP contribution in [0.3, 0.4) is 0 Å². The summed E-state index contributed by atoms with van der Waals surface area (Å²) in [6.07, 6.45) is 6.50. The maximum Gasteiger partial charge on any atom is 0.0410 e. The van der Waals surface area contributed by atoms with E-state index in [4.69, 9.17) is 0 Å². The largest absolute Gasteiger partial charge is 0.296 e.